The summed E-state index contributed by atoms with van der Waals surface area (Å²) >= 11 is 0. The summed E-state index contributed by atoms with van der Waals surface area (Å²) in [5.41, 5.74) is 0.175. The molecule has 1 atom stereocenters. The van der Waals surface area contributed by atoms with Crippen LogP contribution in [0, 0.1) is 17.0 Å². The maximum Gasteiger partial charge on any atom is 0.289 e. The summed E-state index contributed by atoms with van der Waals surface area (Å²) in [5, 5.41) is 12.8. The molecule has 4 heterocycles. The summed E-state index contributed by atoms with van der Waals surface area (Å²) in [7, 11) is 0. The quantitative estimate of drug-likeness (QED) is 0.447. The summed E-state index contributed by atoms with van der Waals surface area (Å²) in [6.07, 6.45) is 3.20. The zero-order valence-corrected chi connectivity index (χ0v) is 20.2. The van der Waals surface area contributed by atoms with E-state index in [0.29, 0.717) is 30.8 Å². The van der Waals surface area contributed by atoms with Gasteiger partial charge >= 0.3 is 0 Å². The Kier molecular flexibility index (Phi) is 6.31. The Bertz CT molecular complexity index is 1280. The standard InChI is InChI=1S/C25H28F2N4O5/c1-14(2)36-25(12-33-13-25)16-8-29-22-20(16)19(4-5-28-22)35-21-17(26)6-15(7-18(21)27)31-23-30-9-24(3,10-32)11-34-23/h4-8,14,32H,9-13H2,1-3H3,(H,28,29)(H,30,31)/t24-/m1/s1. The molecule has 3 aromatic rings. The molecule has 1 saturated heterocycles. The highest BCUT2D eigenvalue weighted by atomic mass is 19.1. The number of pyridine rings is 1. The van der Waals surface area contributed by atoms with Crippen molar-refractivity contribution in [3.05, 3.63) is 47.8 Å². The Balaban J connectivity index is 1.43. The van der Waals surface area contributed by atoms with E-state index in [-0.39, 0.29) is 36.8 Å². The molecule has 5 rings (SSSR count). The fourth-order valence-corrected chi connectivity index (χ4v) is 4.23. The van der Waals surface area contributed by atoms with Gasteiger partial charge in [0, 0.05) is 41.2 Å². The normalized spacial score (nSPS) is 21.1. The molecule has 1 aromatic carbocycles. The van der Waals surface area contributed by atoms with Gasteiger partial charge in [-0.15, -0.1) is 0 Å². The van der Waals surface area contributed by atoms with Crippen molar-refractivity contribution >= 4 is 22.7 Å². The van der Waals surface area contributed by atoms with Crippen LogP contribution in [-0.4, -0.2) is 60.2 Å². The number of aliphatic hydroxyl groups is 1. The van der Waals surface area contributed by atoms with Crippen LogP contribution in [-0.2, 0) is 19.8 Å². The Hall–Kier alpha value is -3.28. The average Bonchev–Trinajstić information content (AvgIpc) is 3.25. The van der Waals surface area contributed by atoms with Crippen LogP contribution in [0.25, 0.3) is 11.0 Å². The lowest BCUT2D eigenvalue weighted by molar-refractivity contribution is -0.231. The number of nitrogens with one attached hydrogen (secondary N) is 2. The first-order valence-corrected chi connectivity index (χ1v) is 11.7. The van der Waals surface area contributed by atoms with Crippen LogP contribution in [0.5, 0.6) is 11.5 Å². The van der Waals surface area contributed by atoms with Crippen LogP contribution in [0.1, 0.15) is 26.3 Å². The molecule has 9 nitrogen and oxygen atoms in total. The Labute approximate surface area is 206 Å². The van der Waals surface area contributed by atoms with E-state index < -0.39 is 28.4 Å². The van der Waals surface area contributed by atoms with Crippen molar-refractivity contribution in [2.24, 2.45) is 10.4 Å². The van der Waals surface area contributed by atoms with E-state index in [1.165, 1.54) is 6.20 Å². The van der Waals surface area contributed by atoms with Gasteiger partial charge < -0.3 is 34.4 Å². The number of aliphatic hydroxyl groups excluding tert-OH is 1. The minimum absolute atomic E-state index is 0.0649. The highest BCUT2D eigenvalue weighted by Gasteiger charge is 2.45. The molecule has 2 aliphatic rings. The summed E-state index contributed by atoms with van der Waals surface area (Å²) in [5.74, 6) is -2.13. The monoisotopic (exact) mass is 502 g/mol. The van der Waals surface area contributed by atoms with Gasteiger partial charge in [0.05, 0.1) is 37.9 Å². The minimum atomic E-state index is -0.906. The number of hydrogen-bond acceptors (Lipinski definition) is 8. The third-order valence-corrected chi connectivity index (χ3v) is 6.16. The van der Waals surface area contributed by atoms with E-state index >= 15 is 8.78 Å². The van der Waals surface area contributed by atoms with E-state index in [2.05, 4.69) is 20.3 Å². The van der Waals surface area contributed by atoms with Crippen molar-refractivity contribution in [3.63, 3.8) is 0 Å². The smallest absolute Gasteiger partial charge is 0.289 e. The lowest BCUT2D eigenvalue weighted by Gasteiger charge is -2.42. The molecule has 11 heteroatoms. The molecule has 0 bridgehead atoms. The molecule has 0 unspecified atom stereocenters. The second kappa shape index (κ2) is 9.30. The van der Waals surface area contributed by atoms with Crippen molar-refractivity contribution in [1.29, 1.82) is 0 Å². The fraction of sp³-hybridized carbons (Fsp3) is 0.440. The largest absolute Gasteiger partial charge is 0.464 e. The number of aromatic amines is 1. The van der Waals surface area contributed by atoms with Crippen molar-refractivity contribution in [3.8, 4) is 11.5 Å². The van der Waals surface area contributed by atoms with E-state index in [1.54, 1.807) is 12.3 Å². The highest BCUT2D eigenvalue weighted by molar-refractivity contribution is 5.90. The predicted octanol–water partition coefficient (Wildman–Crippen LogP) is 4.08. The summed E-state index contributed by atoms with van der Waals surface area (Å²) < 4.78 is 53.0. The van der Waals surface area contributed by atoms with Crippen molar-refractivity contribution in [2.75, 3.05) is 38.3 Å². The molecule has 0 spiro atoms. The van der Waals surface area contributed by atoms with Crippen LogP contribution in [0.3, 0.4) is 0 Å². The van der Waals surface area contributed by atoms with E-state index in [1.807, 2.05) is 20.8 Å². The van der Waals surface area contributed by atoms with E-state index in [4.69, 9.17) is 18.9 Å². The van der Waals surface area contributed by atoms with Crippen molar-refractivity contribution < 1.29 is 32.8 Å². The molecule has 0 saturated carbocycles. The van der Waals surface area contributed by atoms with Crippen LogP contribution >= 0.6 is 0 Å². The average molecular weight is 503 g/mol. The van der Waals surface area contributed by atoms with Crippen LogP contribution < -0.4 is 10.1 Å². The lowest BCUT2D eigenvalue weighted by atomic mass is 9.91. The van der Waals surface area contributed by atoms with Gasteiger partial charge in [0.1, 0.15) is 23.6 Å². The maximum absolute atomic E-state index is 15.1. The van der Waals surface area contributed by atoms with Gasteiger partial charge in [0.2, 0.25) is 0 Å². The number of aromatic nitrogens is 2. The zero-order chi connectivity index (χ0) is 25.5. The number of nitrogens with zero attached hydrogens (tertiary/aromatic N) is 2. The minimum Gasteiger partial charge on any atom is -0.464 e. The first kappa shape index (κ1) is 24.4. The molecule has 0 radical (unpaired) electrons. The third kappa shape index (κ3) is 4.49. The van der Waals surface area contributed by atoms with Crippen LogP contribution in [0.15, 0.2) is 35.6 Å². The highest BCUT2D eigenvalue weighted by Crippen LogP contribution is 2.43. The first-order chi connectivity index (χ1) is 17.2. The molecule has 0 amide bonds. The predicted molar refractivity (Wildman–Crippen MR) is 128 cm³/mol. The number of anilines is 1. The molecular formula is C25H28F2N4O5. The summed E-state index contributed by atoms with van der Waals surface area (Å²) in [4.78, 5) is 11.6. The fourth-order valence-electron chi connectivity index (χ4n) is 4.23. The number of ether oxygens (including phenoxy) is 4. The van der Waals surface area contributed by atoms with Gasteiger partial charge in [-0.25, -0.2) is 18.8 Å². The van der Waals surface area contributed by atoms with Crippen molar-refractivity contribution in [1.82, 2.24) is 9.97 Å². The number of aliphatic imine (C=N–C) groups is 1. The lowest BCUT2D eigenvalue weighted by Crippen LogP contribution is -2.50. The van der Waals surface area contributed by atoms with Gasteiger partial charge in [0.25, 0.3) is 6.02 Å². The van der Waals surface area contributed by atoms with Crippen LogP contribution in [0.4, 0.5) is 14.5 Å². The number of fused-ring (bicyclic) bond motifs is 1. The van der Waals surface area contributed by atoms with Crippen molar-refractivity contribution in [2.45, 2.75) is 32.5 Å². The number of H-pyrrole nitrogens is 1. The Morgan fingerprint density at radius 2 is 1.97 bits per heavy atom. The van der Waals surface area contributed by atoms with E-state index in [0.717, 1.165) is 17.7 Å². The number of benzene rings is 1. The van der Waals surface area contributed by atoms with Gasteiger partial charge in [0.15, 0.2) is 17.4 Å². The molecule has 1 fully saturated rings. The number of rotatable bonds is 7. The maximum atomic E-state index is 15.1. The SMILES string of the molecule is CC(C)OC1(c2c[nH]c3nccc(Oc4c(F)cc(NC5=NC[C@](C)(CO)CO5)cc4F)c23)COC1. The molecule has 3 N–H and O–H groups in total. The molecule has 2 aliphatic heterocycles. The summed E-state index contributed by atoms with van der Waals surface area (Å²) in [6.45, 7) is 6.85. The van der Waals surface area contributed by atoms with Gasteiger partial charge in [-0.3, -0.25) is 0 Å². The van der Waals surface area contributed by atoms with Crippen LogP contribution in [0.2, 0.25) is 0 Å². The zero-order valence-electron chi connectivity index (χ0n) is 20.2. The first-order valence-electron chi connectivity index (χ1n) is 11.7. The summed E-state index contributed by atoms with van der Waals surface area (Å²) in [6, 6.07) is 3.88. The number of hydrogen-bond donors (Lipinski definition) is 3. The third-order valence-electron chi connectivity index (χ3n) is 6.16. The second-order valence-corrected chi connectivity index (χ2v) is 9.76. The molecule has 192 valence electrons. The Morgan fingerprint density at radius 1 is 1.22 bits per heavy atom. The molecule has 0 aliphatic carbocycles. The molecule has 2 aromatic heterocycles. The van der Waals surface area contributed by atoms with Gasteiger partial charge in [-0.2, -0.15) is 0 Å². The van der Waals surface area contributed by atoms with Gasteiger partial charge in [-0.05, 0) is 19.9 Å². The molecule has 36 heavy (non-hydrogen) atoms. The number of halogens is 2. The van der Waals surface area contributed by atoms with E-state index in [9.17, 15) is 5.11 Å². The number of amidine groups is 1. The molecular weight excluding hydrogens is 474 g/mol. The topological polar surface area (TPSA) is 110 Å². The van der Waals surface area contributed by atoms with Gasteiger partial charge in [-0.1, -0.05) is 6.92 Å². The second-order valence-electron chi connectivity index (χ2n) is 9.76. The Morgan fingerprint density at radius 3 is 2.56 bits per heavy atom.